The summed E-state index contributed by atoms with van der Waals surface area (Å²) in [5.74, 6) is 1.23. The average molecular weight is 247 g/mol. The molecule has 0 bridgehead atoms. The van der Waals surface area contributed by atoms with Crippen molar-refractivity contribution in [3.63, 3.8) is 0 Å². The first kappa shape index (κ1) is 11.7. The van der Waals surface area contributed by atoms with Crippen LogP contribution in [0.15, 0.2) is 18.2 Å². The molecule has 0 aliphatic heterocycles. The van der Waals surface area contributed by atoms with Gasteiger partial charge >= 0.3 is 0 Å². The van der Waals surface area contributed by atoms with Gasteiger partial charge in [0.15, 0.2) is 0 Å². The van der Waals surface area contributed by atoms with E-state index in [-0.39, 0.29) is 11.9 Å². The molecular weight excluding hydrogens is 229 g/mol. The van der Waals surface area contributed by atoms with Crippen LogP contribution < -0.4 is 5.73 Å². The van der Waals surface area contributed by atoms with Crippen LogP contribution in [-0.2, 0) is 6.54 Å². The second kappa shape index (κ2) is 4.35. The Morgan fingerprint density at radius 1 is 1.50 bits per heavy atom. The molecular formula is C14H18FN3. The molecule has 1 atom stereocenters. The van der Waals surface area contributed by atoms with Crippen LogP contribution in [0.1, 0.15) is 38.1 Å². The zero-order valence-corrected chi connectivity index (χ0v) is 10.6. The number of benzene rings is 1. The highest BCUT2D eigenvalue weighted by Gasteiger charge is 2.32. The molecule has 1 saturated carbocycles. The Bertz CT molecular complexity index is 572. The number of rotatable bonds is 4. The molecule has 1 aliphatic rings. The van der Waals surface area contributed by atoms with Gasteiger partial charge in [0.25, 0.3) is 0 Å². The predicted octanol–water partition coefficient (Wildman–Crippen LogP) is 3.00. The summed E-state index contributed by atoms with van der Waals surface area (Å²) in [5, 5.41) is 0. The molecule has 0 spiro atoms. The molecule has 18 heavy (non-hydrogen) atoms. The summed E-state index contributed by atoms with van der Waals surface area (Å²) in [5.41, 5.74) is 7.96. The van der Waals surface area contributed by atoms with Gasteiger partial charge < -0.3 is 10.3 Å². The molecule has 1 unspecified atom stereocenters. The van der Waals surface area contributed by atoms with Gasteiger partial charge in [-0.2, -0.15) is 0 Å². The van der Waals surface area contributed by atoms with Gasteiger partial charge in [-0.3, -0.25) is 0 Å². The number of fused-ring (bicyclic) bond motifs is 1. The third kappa shape index (κ3) is 1.90. The summed E-state index contributed by atoms with van der Waals surface area (Å²) in [6, 6.07) is 4.77. The normalized spacial score (nSPS) is 17.3. The third-order valence-corrected chi connectivity index (χ3v) is 3.62. The standard InChI is InChI=1S/C14H18FN3/c1-2-7-18-12-6-5-10(15)8-11(12)17-14(18)13(16)9-3-4-9/h5-6,8-9,13H,2-4,7,16H2,1H3. The first-order chi connectivity index (χ1) is 8.70. The summed E-state index contributed by atoms with van der Waals surface area (Å²) in [4.78, 5) is 4.55. The van der Waals surface area contributed by atoms with Gasteiger partial charge in [-0.15, -0.1) is 0 Å². The molecule has 0 radical (unpaired) electrons. The minimum absolute atomic E-state index is 0.00740. The molecule has 3 rings (SSSR count). The Morgan fingerprint density at radius 3 is 2.94 bits per heavy atom. The van der Waals surface area contributed by atoms with Crippen molar-refractivity contribution in [2.75, 3.05) is 0 Å². The first-order valence-corrected chi connectivity index (χ1v) is 6.62. The molecule has 1 heterocycles. The van der Waals surface area contributed by atoms with Gasteiger partial charge in [0, 0.05) is 12.6 Å². The predicted molar refractivity (Wildman–Crippen MR) is 69.6 cm³/mol. The Hall–Kier alpha value is -1.42. The number of aromatic nitrogens is 2. The number of nitrogens with zero attached hydrogens (tertiary/aromatic N) is 2. The van der Waals surface area contributed by atoms with Crippen molar-refractivity contribution < 1.29 is 4.39 Å². The maximum absolute atomic E-state index is 13.3. The summed E-state index contributed by atoms with van der Waals surface area (Å²) >= 11 is 0. The fourth-order valence-electron chi connectivity index (χ4n) is 2.50. The van der Waals surface area contributed by atoms with E-state index in [0.717, 1.165) is 29.8 Å². The Morgan fingerprint density at radius 2 is 2.28 bits per heavy atom. The highest BCUT2D eigenvalue weighted by molar-refractivity contribution is 5.76. The monoisotopic (exact) mass is 247 g/mol. The minimum Gasteiger partial charge on any atom is -0.327 e. The van der Waals surface area contributed by atoms with Crippen LogP contribution in [0.4, 0.5) is 4.39 Å². The van der Waals surface area contributed by atoms with E-state index in [9.17, 15) is 4.39 Å². The van der Waals surface area contributed by atoms with Gasteiger partial charge in [0.1, 0.15) is 11.6 Å². The summed E-state index contributed by atoms with van der Waals surface area (Å²) in [6.45, 7) is 3.01. The van der Waals surface area contributed by atoms with Gasteiger partial charge in [-0.1, -0.05) is 6.92 Å². The fraction of sp³-hybridized carbons (Fsp3) is 0.500. The van der Waals surface area contributed by atoms with E-state index in [0.29, 0.717) is 5.92 Å². The lowest BCUT2D eigenvalue weighted by atomic mass is 10.2. The van der Waals surface area contributed by atoms with E-state index < -0.39 is 0 Å². The van der Waals surface area contributed by atoms with Crippen molar-refractivity contribution in [2.45, 2.75) is 38.8 Å². The first-order valence-electron chi connectivity index (χ1n) is 6.62. The largest absolute Gasteiger partial charge is 0.327 e. The third-order valence-electron chi connectivity index (χ3n) is 3.62. The summed E-state index contributed by atoms with van der Waals surface area (Å²) in [7, 11) is 0. The zero-order valence-electron chi connectivity index (χ0n) is 10.6. The molecule has 96 valence electrons. The van der Waals surface area contributed by atoms with Crippen molar-refractivity contribution >= 4 is 11.0 Å². The van der Waals surface area contributed by atoms with E-state index in [4.69, 9.17) is 5.73 Å². The van der Waals surface area contributed by atoms with Crippen molar-refractivity contribution in [2.24, 2.45) is 11.7 Å². The number of halogens is 1. The van der Waals surface area contributed by atoms with Crippen molar-refractivity contribution in [3.05, 3.63) is 29.8 Å². The maximum Gasteiger partial charge on any atom is 0.127 e. The van der Waals surface area contributed by atoms with Gasteiger partial charge in [0.05, 0.1) is 17.1 Å². The zero-order chi connectivity index (χ0) is 12.7. The number of aryl methyl sites for hydroxylation is 1. The van der Waals surface area contributed by atoms with Crippen molar-refractivity contribution in [1.29, 1.82) is 0 Å². The van der Waals surface area contributed by atoms with Gasteiger partial charge in [0.2, 0.25) is 0 Å². The summed E-state index contributed by atoms with van der Waals surface area (Å²) in [6.07, 6.45) is 3.39. The summed E-state index contributed by atoms with van der Waals surface area (Å²) < 4.78 is 15.4. The van der Waals surface area contributed by atoms with Crippen LogP contribution in [-0.4, -0.2) is 9.55 Å². The molecule has 1 aromatic carbocycles. The Kier molecular flexibility index (Phi) is 2.82. The highest BCUT2D eigenvalue weighted by atomic mass is 19.1. The molecule has 2 aromatic rings. The molecule has 1 fully saturated rings. The van der Waals surface area contributed by atoms with Crippen molar-refractivity contribution in [1.82, 2.24) is 9.55 Å². The van der Waals surface area contributed by atoms with E-state index in [1.807, 2.05) is 0 Å². The van der Waals surface area contributed by atoms with E-state index in [2.05, 4.69) is 16.5 Å². The average Bonchev–Trinajstić information content (AvgIpc) is 3.13. The molecule has 0 amide bonds. The van der Waals surface area contributed by atoms with Gasteiger partial charge in [-0.25, -0.2) is 9.37 Å². The highest BCUT2D eigenvalue weighted by Crippen LogP contribution is 2.39. The van der Waals surface area contributed by atoms with Crippen LogP contribution in [0.5, 0.6) is 0 Å². The van der Waals surface area contributed by atoms with Crippen molar-refractivity contribution in [3.8, 4) is 0 Å². The second-order valence-corrected chi connectivity index (χ2v) is 5.12. The minimum atomic E-state index is -0.241. The molecule has 1 aliphatic carbocycles. The molecule has 3 nitrogen and oxygen atoms in total. The van der Waals surface area contributed by atoms with Crippen LogP contribution in [0, 0.1) is 11.7 Å². The van der Waals surface area contributed by atoms with Crippen LogP contribution in [0.25, 0.3) is 11.0 Å². The van der Waals surface area contributed by atoms with Crippen LogP contribution in [0.2, 0.25) is 0 Å². The van der Waals surface area contributed by atoms with E-state index in [1.54, 1.807) is 6.07 Å². The van der Waals surface area contributed by atoms with Crippen LogP contribution >= 0.6 is 0 Å². The fourth-order valence-corrected chi connectivity index (χ4v) is 2.50. The number of imidazole rings is 1. The molecule has 0 saturated heterocycles. The lowest BCUT2D eigenvalue weighted by Crippen LogP contribution is -2.18. The Balaban J connectivity index is 2.12. The topological polar surface area (TPSA) is 43.8 Å². The lowest BCUT2D eigenvalue weighted by molar-refractivity contribution is 0.543. The molecule has 4 heteroatoms. The molecule has 2 N–H and O–H groups in total. The smallest absolute Gasteiger partial charge is 0.127 e. The molecule has 1 aromatic heterocycles. The van der Waals surface area contributed by atoms with E-state index >= 15 is 0 Å². The quantitative estimate of drug-likeness (QED) is 0.902. The Labute approximate surface area is 106 Å². The second-order valence-electron chi connectivity index (χ2n) is 5.12. The van der Waals surface area contributed by atoms with Crippen LogP contribution in [0.3, 0.4) is 0 Å². The van der Waals surface area contributed by atoms with Gasteiger partial charge in [-0.05, 0) is 37.3 Å². The number of hydrogen-bond donors (Lipinski definition) is 1. The maximum atomic E-state index is 13.3. The number of hydrogen-bond acceptors (Lipinski definition) is 2. The van der Waals surface area contributed by atoms with E-state index in [1.165, 1.54) is 25.0 Å². The number of nitrogens with two attached hydrogens (primary N) is 1. The lowest BCUT2D eigenvalue weighted by Gasteiger charge is -2.13. The SMILES string of the molecule is CCCn1c(C(N)C2CC2)nc2cc(F)ccc21.